The molecule has 0 amide bonds. The number of nitrogens with zero attached hydrogens (tertiary/aromatic N) is 1. The first-order valence-corrected chi connectivity index (χ1v) is 28.7. The Labute approximate surface area is 378 Å². The highest BCUT2D eigenvalue weighted by Crippen LogP contribution is 2.22. The van der Waals surface area contributed by atoms with Crippen molar-refractivity contribution in [2.45, 2.75) is 290 Å². The number of hydrogen-bond acceptors (Lipinski definition) is 3. The van der Waals surface area contributed by atoms with Gasteiger partial charge in [0.15, 0.2) is 0 Å². The highest BCUT2D eigenvalue weighted by atomic mass is 32.2. The first kappa shape index (κ1) is 59.1. The zero-order chi connectivity index (χ0) is 43.9. The number of quaternary nitrogens is 1. The van der Waals surface area contributed by atoms with Gasteiger partial charge in [0.25, 0.3) is 0 Å². The van der Waals surface area contributed by atoms with Crippen LogP contribution in [-0.4, -0.2) is 43.6 Å². The van der Waals surface area contributed by atoms with Crippen LogP contribution in [-0.2, 0) is 15.9 Å². The molecular weight excluding hydrogens is 755 g/mol. The fraction of sp³-hybridized carbons (Fsp3) is 0.891. The third-order valence-corrected chi connectivity index (χ3v) is 13.8. The number of rotatable bonds is 46. The highest BCUT2D eigenvalue weighted by molar-refractivity contribution is 7.84. The van der Waals surface area contributed by atoms with Gasteiger partial charge in [0, 0.05) is 0 Å². The summed E-state index contributed by atoms with van der Waals surface area (Å²) in [5.41, 5.74) is 0.530. The van der Waals surface area contributed by atoms with Gasteiger partial charge in [-0.1, -0.05) is 263 Å². The lowest BCUT2D eigenvalue weighted by molar-refractivity contribution is -0.929. The zero-order valence-corrected chi connectivity index (χ0v) is 42.1. The van der Waals surface area contributed by atoms with Crippen LogP contribution < -0.4 is 0 Å². The molecule has 0 bridgehead atoms. The van der Waals surface area contributed by atoms with Crippen molar-refractivity contribution in [3.63, 3.8) is 0 Å². The third-order valence-electron chi connectivity index (χ3n) is 13.1. The van der Waals surface area contributed by atoms with E-state index in [1.165, 1.54) is 287 Å². The molecule has 1 aromatic rings. The molecule has 0 saturated carbocycles. The lowest BCUT2D eigenvalue weighted by atomic mass is 10.0. The van der Waals surface area contributed by atoms with Gasteiger partial charge in [-0.05, 0) is 56.9 Å². The molecule has 0 atom stereocenters. The van der Waals surface area contributed by atoms with E-state index in [0.717, 1.165) is 0 Å². The average Bonchev–Trinajstić information content (AvgIpc) is 3.23. The fourth-order valence-corrected chi connectivity index (χ4v) is 9.79. The van der Waals surface area contributed by atoms with Crippen LogP contribution in [0.4, 0.5) is 0 Å². The van der Waals surface area contributed by atoms with Crippen LogP contribution in [0, 0.1) is 0 Å². The maximum absolute atomic E-state index is 10.2. The number of unbranched alkanes of at least 4 members (excludes halogenated alkanes) is 36. The van der Waals surface area contributed by atoms with Crippen molar-refractivity contribution in [1.29, 1.82) is 0 Å². The van der Waals surface area contributed by atoms with Gasteiger partial charge in [-0.25, -0.2) is 8.42 Å². The topological polar surface area (TPSA) is 57.2 Å². The Bertz CT molecular complexity index is 959. The van der Waals surface area contributed by atoms with Gasteiger partial charge in [0.05, 0.1) is 42.1 Å². The van der Waals surface area contributed by atoms with Crippen molar-refractivity contribution in [2.24, 2.45) is 0 Å². The monoisotopic (exact) mass is 862 g/mol. The Morgan fingerprint density at radius 2 is 0.533 bits per heavy atom. The molecule has 0 N–H and O–H groups in total. The van der Waals surface area contributed by atoms with Crippen LogP contribution >= 0.6 is 0 Å². The van der Waals surface area contributed by atoms with E-state index >= 15 is 0 Å². The smallest absolute Gasteiger partial charge is 0.0988 e. The van der Waals surface area contributed by atoms with E-state index in [9.17, 15) is 13.0 Å². The van der Waals surface area contributed by atoms with Gasteiger partial charge < -0.3 is 9.04 Å². The summed E-state index contributed by atoms with van der Waals surface area (Å²) in [4.78, 5) is 0. The van der Waals surface area contributed by atoms with Crippen molar-refractivity contribution in [2.75, 3.05) is 26.2 Å². The first-order valence-electron chi connectivity index (χ1n) is 27.1. The normalized spacial score (nSPS) is 11.9. The Morgan fingerprint density at radius 1 is 0.333 bits per heavy atom. The average molecular weight is 863 g/mol. The van der Waals surface area contributed by atoms with E-state index < -0.39 is 15.9 Å². The minimum atomic E-state index is -4.13. The number of benzene rings is 1. The summed E-state index contributed by atoms with van der Waals surface area (Å²) in [7, 11) is -4.13. The second-order valence-corrected chi connectivity index (χ2v) is 20.6. The van der Waals surface area contributed by atoms with Gasteiger partial charge in [-0.2, -0.15) is 0 Å². The maximum atomic E-state index is 10.2. The second kappa shape index (κ2) is 46.1. The van der Waals surface area contributed by atoms with Crippen molar-refractivity contribution in [3.8, 4) is 0 Å². The summed E-state index contributed by atoms with van der Waals surface area (Å²) in [5, 5.41) is 0. The van der Waals surface area contributed by atoms with Gasteiger partial charge in [-0.15, -0.1) is 0 Å². The van der Waals surface area contributed by atoms with Crippen LogP contribution in [0.1, 0.15) is 290 Å². The molecule has 0 heterocycles. The number of hydrogen-bond donors (Lipinski definition) is 0. The van der Waals surface area contributed by atoms with Gasteiger partial charge in [-0.3, -0.25) is 0 Å². The predicted octanol–water partition coefficient (Wildman–Crippen LogP) is 18.2. The van der Waals surface area contributed by atoms with Crippen LogP contribution in [0.2, 0.25) is 0 Å². The van der Waals surface area contributed by atoms with Crippen molar-refractivity contribution in [3.05, 3.63) is 35.9 Å². The Balaban J connectivity index is 0.00000271. The minimum absolute atomic E-state index is 0.423. The largest absolute Gasteiger partial charge is 0.748 e. The quantitative estimate of drug-likeness (QED) is 0.0373. The van der Waals surface area contributed by atoms with Gasteiger partial charge in [0.1, 0.15) is 0 Å². The summed E-state index contributed by atoms with van der Waals surface area (Å²) in [6, 6.07) is 8.37. The molecule has 4 nitrogen and oxygen atoms in total. The highest BCUT2D eigenvalue weighted by Gasteiger charge is 2.25. The molecule has 356 valence electrons. The standard InChI is InChI=1S/C48H100N.C7H8O3S/c1-5-9-13-17-21-25-29-33-37-41-45-49(46-42-38-34-30-26-22-18-14-10-6-2,47-43-39-35-31-27-23-19-15-11-7-3)48-44-40-36-32-28-24-20-16-12-8-4;8-11(9,10)6-7-4-2-1-3-5-7/h5-48H2,1-4H3;1-5H,6H2,(H,8,9,10)/q+1;/p-1. The van der Waals surface area contributed by atoms with Crippen LogP contribution in [0.15, 0.2) is 30.3 Å². The fourth-order valence-electron chi connectivity index (χ4n) is 9.19. The molecule has 0 unspecified atom stereocenters. The van der Waals surface area contributed by atoms with E-state index in [1.54, 1.807) is 30.3 Å². The first-order chi connectivity index (χ1) is 29.3. The summed E-state index contributed by atoms with van der Waals surface area (Å²) in [6.45, 7) is 15.3. The Morgan fingerprint density at radius 3 is 0.733 bits per heavy atom. The van der Waals surface area contributed by atoms with Crippen molar-refractivity contribution in [1.82, 2.24) is 0 Å². The molecule has 0 aliphatic heterocycles. The van der Waals surface area contributed by atoms with E-state index in [4.69, 9.17) is 0 Å². The summed E-state index contributed by atoms with van der Waals surface area (Å²) in [5.74, 6) is -0.423. The molecular formula is C55H107NO3S. The molecule has 0 fully saturated rings. The van der Waals surface area contributed by atoms with E-state index in [-0.39, 0.29) is 0 Å². The Hall–Kier alpha value is -0.910. The molecule has 60 heavy (non-hydrogen) atoms. The van der Waals surface area contributed by atoms with Crippen molar-refractivity contribution >= 4 is 10.1 Å². The van der Waals surface area contributed by atoms with Crippen LogP contribution in [0.5, 0.6) is 0 Å². The molecule has 0 aliphatic carbocycles. The molecule has 0 spiro atoms. The predicted molar refractivity (Wildman–Crippen MR) is 267 cm³/mol. The summed E-state index contributed by atoms with van der Waals surface area (Å²) >= 11 is 0. The van der Waals surface area contributed by atoms with E-state index in [2.05, 4.69) is 27.7 Å². The molecule has 5 heteroatoms. The maximum Gasteiger partial charge on any atom is 0.0988 e. The zero-order valence-electron chi connectivity index (χ0n) is 41.3. The molecule has 1 aromatic carbocycles. The second-order valence-electron chi connectivity index (χ2n) is 19.2. The molecule has 0 radical (unpaired) electrons. The van der Waals surface area contributed by atoms with Crippen LogP contribution in [0.3, 0.4) is 0 Å². The lowest BCUT2D eigenvalue weighted by Crippen LogP contribution is -2.50. The molecule has 1 rings (SSSR count). The van der Waals surface area contributed by atoms with E-state index in [1.807, 2.05) is 0 Å². The summed E-state index contributed by atoms with van der Waals surface area (Å²) in [6.07, 6.45) is 58.7. The Kier molecular flexibility index (Phi) is 45.4. The van der Waals surface area contributed by atoms with Gasteiger partial charge >= 0.3 is 0 Å². The molecule has 0 saturated heterocycles. The summed E-state index contributed by atoms with van der Waals surface area (Å²) < 4.78 is 32.2. The SMILES string of the molecule is CCCCCCCCCCCC[N+](CCCCCCCCCCCC)(CCCCCCCCCCCC)CCCCCCCCCCCC.O=S(=O)([O-])Cc1ccccc1. The molecule has 0 aromatic heterocycles. The van der Waals surface area contributed by atoms with Crippen LogP contribution in [0.25, 0.3) is 0 Å². The third kappa shape index (κ3) is 43.7. The van der Waals surface area contributed by atoms with Gasteiger partial charge in [0.2, 0.25) is 0 Å². The van der Waals surface area contributed by atoms with E-state index in [0.29, 0.717) is 5.56 Å². The lowest BCUT2D eigenvalue weighted by Gasteiger charge is -2.40. The molecule has 0 aliphatic rings. The minimum Gasteiger partial charge on any atom is -0.748 e. The van der Waals surface area contributed by atoms with Crippen molar-refractivity contribution < 1.29 is 17.5 Å².